The zero-order chi connectivity index (χ0) is 23.0. The number of nitrogens with one attached hydrogen (secondary N) is 1. The third-order valence-electron chi connectivity index (χ3n) is 7.32. The van der Waals surface area contributed by atoms with Gasteiger partial charge in [0.2, 0.25) is 5.91 Å². The second-order valence-corrected chi connectivity index (χ2v) is 11.1. The molecule has 0 unspecified atom stereocenters. The van der Waals surface area contributed by atoms with Crippen LogP contribution >= 0.6 is 23.4 Å². The molecule has 0 saturated heterocycles. The molecule has 2 aromatic rings. The van der Waals surface area contributed by atoms with Gasteiger partial charge in [0, 0.05) is 10.4 Å². The Morgan fingerprint density at radius 1 is 1.18 bits per heavy atom. The Bertz CT molecular complexity index is 1020. The summed E-state index contributed by atoms with van der Waals surface area (Å²) in [6, 6.07) is 7.39. The number of ether oxygens (including phenoxy) is 1. The number of carbonyl (C=O) groups excluding carboxylic acids is 2. The van der Waals surface area contributed by atoms with Crippen LogP contribution < -0.4 is 5.32 Å². The first kappa shape index (κ1) is 22.7. The molecule has 1 amide bonds. The Morgan fingerprint density at radius 2 is 1.88 bits per heavy atom. The Morgan fingerprint density at radius 3 is 2.52 bits per heavy atom. The highest BCUT2D eigenvalue weighted by atomic mass is 35.5. The van der Waals surface area contributed by atoms with E-state index in [1.165, 1.54) is 31.0 Å². The lowest BCUT2D eigenvalue weighted by Crippen LogP contribution is -2.53. The van der Waals surface area contributed by atoms with E-state index in [9.17, 15) is 9.59 Å². The quantitative estimate of drug-likeness (QED) is 0.437. The number of rotatable bonds is 8. The third-order valence-corrected chi connectivity index (χ3v) is 8.46. The fraction of sp³-hybridized carbons (Fsp3) is 0.583. The Labute approximate surface area is 203 Å². The van der Waals surface area contributed by atoms with Crippen LogP contribution in [0.4, 0.5) is 0 Å². The summed E-state index contributed by atoms with van der Waals surface area (Å²) in [6.07, 6.45) is 6.97. The van der Waals surface area contributed by atoms with Gasteiger partial charge in [-0.2, -0.15) is 0 Å². The minimum Gasteiger partial charge on any atom is -0.465 e. The van der Waals surface area contributed by atoms with Gasteiger partial charge >= 0.3 is 5.97 Å². The minimum atomic E-state index is -0.306. The van der Waals surface area contributed by atoms with Crippen LogP contribution in [0.3, 0.4) is 0 Å². The van der Waals surface area contributed by atoms with Gasteiger partial charge in [-0.3, -0.25) is 14.2 Å². The number of esters is 1. The summed E-state index contributed by atoms with van der Waals surface area (Å²) in [5.41, 5.74) is 0.579. The van der Waals surface area contributed by atoms with Crippen molar-refractivity contribution in [1.29, 1.82) is 0 Å². The number of nitrogens with zero attached hydrogens (tertiary/aromatic N) is 3. The molecular formula is C24H29ClN4O3S. The molecule has 33 heavy (non-hydrogen) atoms. The number of carbonyl (C=O) groups is 2. The van der Waals surface area contributed by atoms with Crippen molar-refractivity contribution in [3.63, 3.8) is 0 Å². The largest absolute Gasteiger partial charge is 0.465 e. The molecule has 176 valence electrons. The number of halogens is 1. The van der Waals surface area contributed by atoms with E-state index in [2.05, 4.69) is 15.5 Å². The van der Waals surface area contributed by atoms with Gasteiger partial charge in [-0.1, -0.05) is 29.4 Å². The molecule has 4 aliphatic carbocycles. The van der Waals surface area contributed by atoms with Crippen LogP contribution in [0.2, 0.25) is 5.02 Å². The van der Waals surface area contributed by atoms with Crippen LogP contribution in [0.25, 0.3) is 5.69 Å². The molecule has 0 spiro atoms. The zero-order valence-corrected chi connectivity index (χ0v) is 20.3. The van der Waals surface area contributed by atoms with Gasteiger partial charge in [0.15, 0.2) is 11.0 Å². The molecule has 4 bridgehead atoms. The smallest absolute Gasteiger partial charge is 0.316 e. The van der Waals surface area contributed by atoms with Crippen LogP contribution in [0, 0.1) is 23.2 Å². The highest BCUT2D eigenvalue weighted by Crippen LogP contribution is 2.60. The van der Waals surface area contributed by atoms with Crippen molar-refractivity contribution in [2.24, 2.45) is 23.2 Å². The first-order valence-electron chi connectivity index (χ1n) is 11.7. The summed E-state index contributed by atoms with van der Waals surface area (Å²) in [5.74, 6) is 2.73. The van der Waals surface area contributed by atoms with E-state index in [1.54, 1.807) is 13.0 Å². The van der Waals surface area contributed by atoms with Crippen molar-refractivity contribution in [2.75, 3.05) is 12.4 Å². The second-order valence-electron chi connectivity index (χ2n) is 9.69. The standard InChI is InChI=1S/C24H29ClN4O3S/c1-2-32-21(30)14-33-23-28-27-20(29(23)19-5-3-4-18(25)9-19)13-26-22(31)24-10-15-6-16(11-24)8-17(7-15)12-24/h3-5,9,15-17H,2,6-8,10-14H2,1H3,(H,26,31). The summed E-state index contributed by atoms with van der Waals surface area (Å²) in [5, 5.41) is 13.0. The average Bonchev–Trinajstić information content (AvgIpc) is 3.18. The van der Waals surface area contributed by atoms with Crippen molar-refractivity contribution >= 4 is 35.2 Å². The summed E-state index contributed by atoms with van der Waals surface area (Å²) in [4.78, 5) is 25.3. The average molecular weight is 489 g/mol. The summed E-state index contributed by atoms with van der Waals surface area (Å²) < 4.78 is 6.89. The second kappa shape index (κ2) is 9.29. The lowest BCUT2D eigenvalue weighted by atomic mass is 9.49. The van der Waals surface area contributed by atoms with Crippen LogP contribution in [0.1, 0.15) is 51.3 Å². The van der Waals surface area contributed by atoms with Crippen LogP contribution in [0.15, 0.2) is 29.4 Å². The SMILES string of the molecule is CCOC(=O)CSc1nnc(CNC(=O)C23CC4CC(CC(C4)C2)C3)n1-c1cccc(Cl)c1. The summed E-state index contributed by atoms with van der Waals surface area (Å²) in [6.45, 7) is 2.39. The highest BCUT2D eigenvalue weighted by molar-refractivity contribution is 7.99. The van der Waals surface area contributed by atoms with E-state index >= 15 is 0 Å². The van der Waals surface area contributed by atoms with E-state index in [-0.39, 0.29) is 29.6 Å². The number of benzene rings is 1. The maximum atomic E-state index is 13.4. The van der Waals surface area contributed by atoms with E-state index in [1.807, 2.05) is 22.8 Å². The summed E-state index contributed by atoms with van der Waals surface area (Å²) in [7, 11) is 0. The number of thioether (sulfide) groups is 1. The maximum absolute atomic E-state index is 13.4. The van der Waals surface area contributed by atoms with Gasteiger partial charge in [-0.15, -0.1) is 10.2 Å². The molecule has 1 aromatic heterocycles. The predicted molar refractivity (Wildman–Crippen MR) is 126 cm³/mol. The van der Waals surface area contributed by atoms with Crippen LogP contribution in [-0.2, 0) is 20.9 Å². The zero-order valence-electron chi connectivity index (χ0n) is 18.8. The van der Waals surface area contributed by atoms with E-state index in [0.717, 1.165) is 24.9 Å². The van der Waals surface area contributed by atoms with Crippen LogP contribution in [0.5, 0.6) is 0 Å². The van der Waals surface area contributed by atoms with Gasteiger partial charge in [0.1, 0.15) is 0 Å². The molecule has 0 atom stereocenters. The molecule has 4 aliphatic rings. The number of amides is 1. The predicted octanol–water partition coefficient (Wildman–Crippen LogP) is 4.41. The lowest BCUT2D eigenvalue weighted by molar-refractivity contribution is -0.146. The first-order valence-corrected chi connectivity index (χ1v) is 13.1. The number of hydrogen-bond donors (Lipinski definition) is 1. The Balaban J connectivity index is 1.34. The maximum Gasteiger partial charge on any atom is 0.316 e. The highest BCUT2D eigenvalue weighted by Gasteiger charge is 2.54. The van der Waals surface area contributed by atoms with E-state index in [0.29, 0.717) is 40.4 Å². The molecule has 0 radical (unpaired) electrons. The van der Waals surface area contributed by atoms with Gasteiger partial charge in [-0.05, 0) is 81.4 Å². The van der Waals surface area contributed by atoms with Crippen molar-refractivity contribution in [1.82, 2.24) is 20.1 Å². The number of hydrogen-bond acceptors (Lipinski definition) is 6. The van der Waals surface area contributed by atoms with Gasteiger partial charge in [0.25, 0.3) is 0 Å². The monoisotopic (exact) mass is 488 g/mol. The van der Waals surface area contributed by atoms with Crippen molar-refractivity contribution in [3.8, 4) is 5.69 Å². The molecule has 1 heterocycles. The molecule has 4 saturated carbocycles. The molecule has 9 heteroatoms. The van der Waals surface area contributed by atoms with Crippen molar-refractivity contribution < 1.29 is 14.3 Å². The normalized spacial score (nSPS) is 27.5. The van der Waals surface area contributed by atoms with Gasteiger partial charge in [-0.25, -0.2) is 0 Å². The van der Waals surface area contributed by atoms with Crippen molar-refractivity contribution in [2.45, 2.75) is 57.1 Å². The fourth-order valence-corrected chi connectivity index (χ4v) is 7.40. The summed E-state index contributed by atoms with van der Waals surface area (Å²) >= 11 is 7.49. The number of aromatic nitrogens is 3. The van der Waals surface area contributed by atoms with E-state index < -0.39 is 0 Å². The first-order chi connectivity index (χ1) is 16.0. The molecule has 0 aliphatic heterocycles. The molecule has 4 fully saturated rings. The molecule has 1 aromatic carbocycles. The van der Waals surface area contributed by atoms with Crippen molar-refractivity contribution in [3.05, 3.63) is 35.1 Å². The molecule has 7 nitrogen and oxygen atoms in total. The Hall–Kier alpha value is -2.06. The topological polar surface area (TPSA) is 86.1 Å². The minimum absolute atomic E-state index is 0.131. The van der Waals surface area contributed by atoms with Gasteiger partial charge < -0.3 is 10.1 Å². The fourth-order valence-electron chi connectivity index (χ4n) is 6.44. The Kier molecular flexibility index (Phi) is 6.40. The van der Waals surface area contributed by atoms with Gasteiger partial charge in [0.05, 0.1) is 24.6 Å². The lowest BCUT2D eigenvalue weighted by Gasteiger charge is -2.55. The molecular weight excluding hydrogens is 460 g/mol. The molecule has 1 N–H and O–H groups in total. The third kappa shape index (κ3) is 4.64. The van der Waals surface area contributed by atoms with E-state index in [4.69, 9.17) is 16.3 Å². The van der Waals surface area contributed by atoms with Crippen LogP contribution in [-0.4, -0.2) is 39.0 Å². The molecule has 6 rings (SSSR count).